The largest absolute Gasteiger partial charge is 0.444 e. The van der Waals surface area contributed by atoms with Crippen LogP contribution in [-0.2, 0) is 22.7 Å². The summed E-state index contributed by atoms with van der Waals surface area (Å²) in [6.07, 6.45) is 2.06. The molecule has 0 radical (unpaired) electrons. The third kappa shape index (κ3) is 5.20. The van der Waals surface area contributed by atoms with Crippen LogP contribution in [0.5, 0.6) is 0 Å². The Morgan fingerprint density at radius 2 is 2.05 bits per heavy atom. The molecule has 14 heteroatoms. The first kappa shape index (κ1) is 30.4. The number of anilines is 2. The van der Waals surface area contributed by atoms with Crippen molar-refractivity contribution in [2.24, 2.45) is 5.92 Å². The van der Waals surface area contributed by atoms with Gasteiger partial charge in [-0.3, -0.25) is 10.3 Å². The number of aromatic nitrogens is 3. The summed E-state index contributed by atoms with van der Waals surface area (Å²) in [6.45, 7) is 6.95. The minimum Gasteiger partial charge on any atom is -0.444 e. The SMILES string of the molecule is CN(C)[C@@H]1CN(c2ncc3c4c(c(-c5ncc(F)c6sc(NC(=O)OC(C)(C)C)c(C#N)c56)c(Cl)c3n2)COC4)C[C@@H]1CO. The minimum absolute atomic E-state index is 0.0342. The Balaban J connectivity index is 1.52. The van der Waals surface area contributed by atoms with Gasteiger partial charge in [0.15, 0.2) is 5.82 Å². The molecule has 2 aliphatic rings. The molecule has 0 spiro atoms. The maximum Gasteiger partial charge on any atom is 0.412 e. The number of ether oxygens (including phenoxy) is 2. The van der Waals surface area contributed by atoms with E-state index in [2.05, 4.69) is 26.3 Å². The van der Waals surface area contributed by atoms with Crippen LogP contribution >= 0.6 is 22.9 Å². The van der Waals surface area contributed by atoms with E-state index < -0.39 is 17.5 Å². The summed E-state index contributed by atoms with van der Waals surface area (Å²) >= 11 is 8.08. The number of hydrogen-bond donors (Lipinski definition) is 2. The molecule has 0 bridgehead atoms. The number of nitriles is 1. The Bertz CT molecular complexity index is 1850. The summed E-state index contributed by atoms with van der Waals surface area (Å²) in [7, 11) is 3.96. The van der Waals surface area contributed by atoms with Crippen LogP contribution in [0, 0.1) is 23.1 Å². The molecule has 2 atom stereocenters. The highest BCUT2D eigenvalue weighted by Crippen LogP contribution is 2.48. The quantitative estimate of drug-likeness (QED) is 0.296. The fourth-order valence-corrected chi connectivity index (χ4v) is 7.32. The first-order valence-corrected chi connectivity index (χ1v) is 15.2. The van der Waals surface area contributed by atoms with Crippen LogP contribution in [-0.4, -0.2) is 76.5 Å². The third-order valence-corrected chi connectivity index (χ3v) is 9.39. The summed E-state index contributed by atoms with van der Waals surface area (Å²) < 4.78 is 26.6. The highest BCUT2D eigenvalue weighted by molar-refractivity contribution is 7.23. The van der Waals surface area contributed by atoms with Crippen molar-refractivity contribution in [3.05, 3.63) is 39.9 Å². The van der Waals surface area contributed by atoms with Gasteiger partial charge in [-0.25, -0.2) is 19.2 Å². The molecule has 1 fully saturated rings. The molecule has 1 saturated heterocycles. The molecule has 2 N–H and O–H groups in total. The second-order valence-corrected chi connectivity index (χ2v) is 13.6. The molecule has 6 rings (SSSR count). The highest BCUT2D eigenvalue weighted by atomic mass is 35.5. The van der Waals surface area contributed by atoms with E-state index in [1.165, 1.54) is 0 Å². The number of carbonyl (C=O) groups excluding carboxylic acids is 1. The van der Waals surface area contributed by atoms with Crippen LogP contribution in [0.15, 0.2) is 12.4 Å². The molecule has 0 aliphatic carbocycles. The molecule has 0 saturated carbocycles. The molecule has 1 amide bonds. The Kier molecular flexibility index (Phi) is 7.84. The van der Waals surface area contributed by atoms with Gasteiger partial charge in [-0.15, -0.1) is 11.3 Å². The van der Waals surface area contributed by atoms with Crippen LogP contribution in [0.1, 0.15) is 37.5 Å². The summed E-state index contributed by atoms with van der Waals surface area (Å²) in [5.41, 5.74) is 2.12. The van der Waals surface area contributed by atoms with Gasteiger partial charge < -0.3 is 24.4 Å². The summed E-state index contributed by atoms with van der Waals surface area (Å²) in [5, 5.41) is 24.2. The molecular weight excluding hydrogens is 609 g/mol. The number of rotatable bonds is 5. The minimum atomic E-state index is -0.771. The monoisotopic (exact) mass is 639 g/mol. The van der Waals surface area contributed by atoms with Crippen LogP contribution in [0.25, 0.3) is 32.2 Å². The molecule has 44 heavy (non-hydrogen) atoms. The number of carbonyl (C=O) groups is 1. The van der Waals surface area contributed by atoms with Gasteiger partial charge in [0.25, 0.3) is 0 Å². The van der Waals surface area contributed by atoms with Gasteiger partial charge in [-0.05, 0) is 46.0 Å². The standard InChI is InChI=1S/C30H31ClFN7O4S/c1-30(2,3)43-29(41)37-27-15(6-33)22-25(34-8-19(32)26(22)44-27)21-18-13-42-12-17(18)16-7-35-28(36-24(16)23(21)31)39-9-14(11-40)20(10-39)38(4)5/h7-8,14,20,40H,9-13H2,1-5H3,(H,37,41)/t14-,20-/m1/s1. The maximum atomic E-state index is 15.2. The van der Waals surface area contributed by atoms with Crippen molar-refractivity contribution in [3.8, 4) is 17.3 Å². The topological polar surface area (TPSA) is 137 Å². The number of nitrogens with zero attached hydrogens (tertiary/aromatic N) is 6. The van der Waals surface area contributed by atoms with Crippen molar-refractivity contribution >= 4 is 61.0 Å². The van der Waals surface area contributed by atoms with Crippen molar-refractivity contribution in [2.45, 2.75) is 45.6 Å². The zero-order chi connectivity index (χ0) is 31.5. The summed E-state index contributed by atoms with van der Waals surface area (Å²) in [4.78, 5) is 30.7. The number of nitrogens with one attached hydrogen (secondary N) is 1. The molecule has 2 aliphatic heterocycles. The predicted molar refractivity (Wildman–Crippen MR) is 166 cm³/mol. The Morgan fingerprint density at radius 3 is 2.70 bits per heavy atom. The van der Waals surface area contributed by atoms with E-state index in [0.29, 0.717) is 36.7 Å². The van der Waals surface area contributed by atoms with Gasteiger partial charge in [-0.1, -0.05) is 11.6 Å². The molecule has 4 aromatic rings. The van der Waals surface area contributed by atoms with Crippen LogP contribution < -0.4 is 10.2 Å². The average molecular weight is 640 g/mol. The number of aliphatic hydroxyl groups is 1. The van der Waals surface area contributed by atoms with Crippen molar-refractivity contribution in [1.82, 2.24) is 19.9 Å². The van der Waals surface area contributed by atoms with E-state index in [9.17, 15) is 15.2 Å². The fraction of sp³-hybridized carbons (Fsp3) is 0.433. The number of benzene rings is 1. The van der Waals surface area contributed by atoms with Crippen molar-refractivity contribution < 1.29 is 23.8 Å². The summed E-state index contributed by atoms with van der Waals surface area (Å²) in [6, 6.07) is 2.25. The van der Waals surface area contributed by atoms with E-state index in [4.69, 9.17) is 26.1 Å². The van der Waals surface area contributed by atoms with E-state index in [1.54, 1.807) is 27.0 Å². The second-order valence-electron chi connectivity index (χ2n) is 12.2. The smallest absolute Gasteiger partial charge is 0.412 e. The zero-order valence-corrected chi connectivity index (χ0v) is 26.4. The molecule has 1 aromatic carbocycles. The lowest BCUT2D eigenvalue weighted by atomic mass is 9.94. The molecular formula is C30H31ClFN7O4S. The lowest BCUT2D eigenvalue weighted by Gasteiger charge is -2.23. The molecule has 3 aromatic heterocycles. The number of likely N-dealkylation sites (N-methyl/N-ethyl adjacent to an activating group) is 1. The van der Waals surface area contributed by atoms with Gasteiger partial charge in [0.1, 0.15) is 16.7 Å². The zero-order valence-electron chi connectivity index (χ0n) is 24.9. The molecule has 0 unspecified atom stereocenters. The lowest BCUT2D eigenvalue weighted by Crippen LogP contribution is -2.36. The number of halogens is 2. The number of aliphatic hydroxyl groups excluding tert-OH is 1. The third-order valence-electron chi connectivity index (χ3n) is 7.91. The van der Waals surface area contributed by atoms with Gasteiger partial charge in [0.05, 0.1) is 45.9 Å². The Morgan fingerprint density at radius 1 is 1.30 bits per heavy atom. The average Bonchev–Trinajstić information content (AvgIpc) is 3.70. The first-order valence-electron chi connectivity index (χ1n) is 14.0. The van der Waals surface area contributed by atoms with Crippen LogP contribution in [0.4, 0.5) is 20.1 Å². The predicted octanol–water partition coefficient (Wildman–Crippen LogP) is 5.31. The number of amides is 1. The Hall–Kier alpha value is -3.67. The van der Waals surface area contributed by atoms with Crippen LogP contribution in [0.2, 0.25) is 5.02 Å². The number of pyridine rings is 1. The number of fused-ring (bicyclic) bond motifs is 4. The molecule has 11 nitrogen and oxygen atoms in total. The van der Waals surface area contributed by atoms with Crippen molar-refractivity contribution in [3.63, 3.8) is 0 Å². The fourth-order valence-electron chi connectivity index (χ4n) is 5.94. The van der Waals surface area contributed by atoms with E-state index in [1.807, 2.05) is 19.0 Å². The van der Waals surface area contributed by atoms with E-state index >= 15 is 4.39 Å². The molecule has 230 valence electrons. The number of thiophene rings is 1. The number of hydrogen-bond acceptors (Lipinski definition) is 11. The Labute approximate surface area is 262 Å². The highest BCUT2D eigenvalue weighted by Gasteiger charge is 2.36. The van der Waals surface area contributed by atoms with Gasteiger partial charge >= 0.3 is 6.09 Å². The summed E-state index contributed by atoms with van der Waals surface area (Å²) in [5.74, 6) is -0.131. The van der Waals surface area contributed by atoms with E-state index in [0.717, 1.165) is 34.0 Å². The van der Waals surface area contributed by atoms with Gasteiger partial charge in [0.2, 0.25) is 5.95 Å². The van der Waals surface area contributed by atoms with Gasteiger partial charge in [0, 0.05) is 54.2 Å². The van der Waals surface area contributed by atoms with E-state index in [-0.39, 0.29) is 56.5 Å². The van der Waals surface area contributed by atoms with Gasteiger partial charge in [-0.2, -0.15) is 5.26 Å². The lowest BCUT2D eigenvalue weighted by molar-refractivity contribution is 0.0636. The maximum absolute atomic E-state index is 15.2. The van der Waals surface area contributed by atoms with Crippen molar-refractivity contribution in [2.75, 3.05) is 44.0 Å². The normalized spacial score (nSPS) is 18.3. The van der Waals surface area contributed by atoms with Crippen molar-refractivity contribution in [1.29, 1.82) is 5.26 Å². The molecule has 5 heterocycles. The van der Waals surface area contributed by atoms with Crippen LogP contribution in [0.3, 0.4) is 0 Å². The first-order chi connectivity index (χ1) is 20.9. The second kappa shape index (κ2) is 11.4.